The summed E-state index contributed by atoms with van der Waals surface area (Å²) in [6, 6.07) is 0. The summed E-state index contributed by atoms with van der Waals surface area (Å²) in [6.45, 7) is 20.9. The van der Waals surface area contributed by atoms with Gasteiger partial charge in [-0.1, -0.05) is 61.2 Å². The van der Waals surface area contributed by atoms with E-state index in [2.05, 4.69) is 82.8 Å². The first kappa shape index (κ1) is 18.9. The van der Waals surface area contributed by atoms with Crippen molar-refractivity contribution >= 4 is 27.9 Å². The number of hydrogen-bond donors (Lipinski definition) is 0. The molecule has 0 aliphatic rings. The molecule has 108 valence electrons. The minimum atomic E-state index is -1.56. The first-order chi connectivity index (χ1) is 8.54. The van der Waals surface area contributed by atoms with Crippen molar-refractivity contribution in [2.75, 3.05) is 0 Å². The zero-order valence-electron chi connectivity index (χ0n) is 14.1. The third-order valence-corrected chi connectivity index (χ3v) is 11.6. The SMILES string of the molecule is CC(C)[Si](C#CSC#C[Si](C)(C)C)(C(C)C)C(C)C. The molecule has 0 nitrogen and oxygen atoms in total. The Morgan fingerprint density at radius 1 is 0.684 bits per heavy atom. The lowest BCUT2D eigenvalue weighted by atomic mass is 10.5. The van der Waals surface area contributed by atoms with Crippen LogP contribution >= 0.6 is 11.8 Å². The van der Waals surface area contributed by atoms with Gasteiger partial charge in [-0.15, -0.1) is 11.1 Å². The Balaban J connectivity index is 5.10. The van der Waals surface area contributed by atoms with Crippen molar-refractivity contribution in [3.05, 3.63) is 0 Å². The molecule has 0 heterocycles. The van der Waals surface area contributed by atoms with Crippen LogP contribution < -0.4 is 0 Å². The van der Waals surface area contributed by atoms with Crippen LogP contribution in [0.15, 0.2) is 0 Å². The molecular weight excluding hydrogens is 280 g/mol. The average molecular weight is 311 g/mol. The Labute approximate surface area is 127 Å². The molecule has 0 aromatic heterocycles. The number of hydrogen-bond acceptors (Lipinski definition) is 1. The van der Waals surface area contributed by atoms with Crippen molar-refractivity contribution in [3.63, 3.8) is 0 Å². The van der Waals surface area contributed by atoms with Gasteiger partial charge in [0.15, 0.2) is 0 Å². The molecule has 0 bridgehead atoms. The molecule has 0 fully saturated rings. The van der Waals surface area contributed by atoms with E-state index in [1.54, 1.807) is 0 Å². The van der Waals surface area contributed by atoms with Gasteiger partial charge in [-0.25, -0.2) is 0 Å². The second kappa shape index (κ2) is 7.62. The summed E-state index contributed by atoms with van der Waals surface area (Å²) in [5.74, 6) is 0. The van der Waals surface area contributed by atoms with Gasteiger partial charge in [0, 0.05) is 11.8 Å². The molecule has 0 saturated carbocycles. The first-order valence-electron chi connectivity index (χ1n) is 7.24. The Hall–Kier alpha value is -0.0962. The summed E-state index contributed by atoms with van der Waals surface area (Å²) >= 11 is 1.51. The summed E-state index contributed by atoms with van der Waals surface area (Å²) in [4.78, 5) is 0. The van der Waals surface area contributed by atoms with Gasteiger partial charge in [0.05, 0.1) is 0 Å². The van der Waals surface area contributed by atoms with Crippen molar-refractivity contribution in [3.8, 4) is 21.6 Å². The second-order valence-corrected chi connectivity index (χ2v) is 18.1. The maximum Gasteiger partial charge on any atom is 0.147 e. The lowest BCUT2D eigenvalue weighted by Crippen LogP contribution is -2.43. The monoisotopic (exact) mass is 310 g/mol. The van der Waals surface area contributed by atoms with Crippen LogP contribution in [0.3, 0.4) is 0 Å². The van der Waals surface area contributed by atoms with Gasteiger partial charge in [0.25, 0.3) is 0 Å². The molecule has 0 atom stereocenters. The van der Waals surface area contributed by atoms with Crippen molar-refractivity contribution in [1.82, 2.24) is 0 Å². The summed E-state index contributed by atoms with van der Waals surface area (Å²) in [6.07, 6.45) is 0. The molecule has 0 radical (unpaired) electrons. The third kappa shape index (κ3) is 5.82. The molecular formula is C16H30SSi2. The molecule has 3 heteroatoms. The fraction of sp³-hybridized carbons (Fsp3) is 0.750. The molecule has 0 unspecified atom stereocenters. The van der Waals surface area contributed by atoms with E-state index in [0.29, 0.717) is 16.6 Å². The highest BCUT2D eigenvalue weighted by Crippen LogP contribution is 2.40. The first-order valence-corrected chi connectivity index (χ1v) is 13.8. The van der Waals surface area contributed by atoms with Crippen molar-refractivity contribution in [2.24, 2.45) is 0 Å². The number of thioether (sulfide) groups is 1. The van der Waals surface area contributed by atoms with Crippen LogP contribution in [0.1, 0.15) is 41.5 Å². The van der Waals surface area contributed by atoms with Crippen LogP contribution in [-0.4, -0.2) is 16.1 Å². The van der Waals surface area contributed by atoms with E-state index < -0.39 is 16.1 Å². The van der Waals surface area contributed by atoms with E-state index in [9.17, 15) is 0 Å². The zero-order valence-corrected chi connectivity index (χ0v) is 17.0. The quantitative estimate of drug-likeness (QED) is 0.473. The Bertz CT molecular complexity index is 373. The van der Waals surface area contributed by atoms with E-state index in [4.69, 9.17) is 0 Å². The molecule has 0 aromatic rings. The van der Waals surface area contributed by atoms with Crippen molar-refractivity contribution < 1.29 is 0 Å². The molecule has 0 N–H and O–H groups in total. The summed E-state index contributed by atoms with van der Waals surface area (Å²) in [5, 5.41) is 6.51. The van der Waals surface area contributed by atoms with E-state index >= 15 is 0 Å². The topological polar surface area (TPSA) is 0 Å². The minimum absolute atomic E-state index is 0.700. The molecule has 0 aliphatic carbocycles. The van der Waals surface area contributed by atoms with Crippen LogP contribution in [-0.2, 0) is 0 Å². The lowest BCUT2D eigenvalue weighted by molar-refractivity contribution is 0.838. The fourth-order valence-electron chi connectivity index (χ4n) is 2.75. The second-order valence-electron chi connectivity index (χ2n) is 7.20. The molecule has 0 aromatic carbocycles. The highest BCUT2D eigenvalue weighted by molar-refractivity contribution is 8.08. The smallest absolute Gasteiger partial charge is 0.119 e. The predicted molar refractivity (Wildman–Crippen MR) is 97.5 cm³/mol. The standard InChI is InChI=1S/C16H30SSi2/c1-14(2)19(15(3)4,16(5)6)13-11-17-10-12-18(7,8)9/h14-16H,1-9H3. The molecule has 19 heavy (non-hydrogen) atoms. The zero-order chi connectivity index (χ0) is 15.3. The summed E-state index contributed by atoms with van der Waals surface area (Å²) in [7, 11) is -2.82. The van der Waals surface area contributed by atoms with Gasteiger partial charge >= 0.3 is 0 Å². The Morgan fingerprint density at radius 3 is 1.37 bits per heavy atom. The maximum atomic E-state index is 3.68. The Kier molecular flexibility index (Phi) is 7.59. The third-order valence-electron chi connectivity index (χ3n) is 3.66. The number of rotatable bonds is 3. The van der Waals surface area contributed by atoms with Gasteiger partial charge in [-0.2, -0.15) is 0 Å². The van der Waals surface area contributed by atoms with Crippen LogP contribution in [0.25, 0.3) is 0 Å². The average Bonchev–Trinajstić information content (AvgIpc) is 2.19. The molecule has 0 rings (SSSR count). The van der Waals surface area contributed by atoms with Crippen molar-refractivity contribution in [1.29, 1.82) is 0 Å². The van der Waals surface area contributed by atoms with E-state index in [0.717, 1.165) is 0 Å². The van der Waals surface area contributed by atoms with Crippen LogP contribution in [0.2, 0.25) is 36.3 Å². The largest absolute Gasteiger partial charge is 0.147 e. The van der Waals surface area contributed by atoms with Gasteiger partial charge in [-0.05, 0) is 27.1 Å². The molecule has 0 spiro atoms. The van der Waals surface area contributed by atoms with Crippen LogP contribution in [0.4, 0.5) is 0 Å². The molecule has 0 amide bonds. The minimum Gasteiger partial charge on any atom is -0.119 e. The predicted octanol–water partition coefficient (Wildman–Crippen LogP) is 5.74. The van der Waals surface area contributed by atoms with Gasteiger partial charge in [0.1, 0.15) is 16.1 Å². The van der Waals surface area contributed by atoms with E-state index in [1.165, 1.54) is 11.8 Å². The Morgan fingerprint density at radius 2 is 1.05 bits per heavy atom. The highest BCUT2D eigenvalue weighted by Gasteiger charge is 2.41. The maximum absolute atomic E-state index is 3.68. The van der Waals surface area contributed by atoms with Gasteiger partial charge in [0.2, 0.25) is 0 Å². The fourth-order valence-corrected chi connectivity index (χ4v) is 10.0. The van der Waals surface area contributed by atoms with Crippen LogP contribution in [0, 0.1) is 21.6 Å². The molecule has 0 aliphatic heterocycles. The van der Waals surface area contributed by atoms with Gasteiger partial charge in [-0.3, -0.25) is 0 Å². The van der Waals surface area contributed by atoms with Gasteiger partial charge < -0.3 is 0 Å². The highest BCUT2D eigenvalue weighted by atomic mass is 32.2. The van der Waals surface area contributed by atoms with Crippen molar-refractivity contribution in [2.45, 2.75) is 77.8 Å². The normalized spacial score (nSPS) is 12.2. The van der Waals surface area contributed by atoms with E-state index in [1.807, 2.05) is 0 Å². The summed E-state index contributed by atoms with van der Waals surface area (Å²) < 4.78 is 0. The lowest BCUT2D eigenvalue weighted by Gasteiger charge is -2.37. The molecule has 0 saturated heterocycles. The van der Waals surface area contributed by atoms with E-state index in [-0.39, 0.29) is 0 Å². The summed E-state index contributed by atoms with van der Waals surface area (Å²) in [5.41, 5.74) is 9.14. The van der Waals surface area contributed by atoms with Crippen LogP contribution in [0.5, 0.6) is 0 Å².